The molecule has 28 heavy (non-hydrogen) atoms. The number of nitrogens with one attached hydrogen (secondary N) is 2. The smallest absolute Gasteiger partial charge is 0.218 e. The first-order valence-corrected chi connectivity index (χ1v) is 9.20. The standard InChI is InChI=1S/C21H20F3N3O/c22-13-3-1-11(2-4-13)20-19(12-7-15(8-12)26-6-5-18(25)28)16-9-14(23)10-17(24)21(16)27-20/h1-4,9-10,12,15,26-27H,5-8H2,(H2,25,28). The van der Waals surface area contributed by atoms with Crippen molar-refractivity contribution in [3.63, 3.8) is 0 Å². The predicted octanol–water partition coefficient (Wildman–Crippen LogP) is 3.96. The summed E-state index contributed by atoms with van der Waals surface area (Å²) in [4.78, 5) is 13.9. The molecule has 0 aliphatic heterocycles. The highest BCUT2D eigenvalue weighted by molar-refractivity contribution is 5.92. The molecule has 0 spiro atoms. The minimum Gasteiger partial charge on any atom is -0.370 e. The van der Waals surface area contributed by atoms with Crippen molar-refractivity contribution in [1.29, 1.82) is 0 Å². The fourth-order valence-electron chi connectivity index (χ4n) is 3.93. The fourth-order valence-corrected chi connectivity index (χ4v) is 3.93. The largest absolute Gasteiger partial charge is 0.370 e. The van der Waals surface area contributed by atoms with Gasteiger partial charge in [0.25, 0.3) is 0 Å². The van der Waals surface area contributed by atoms with E-state index < -0.39 is 11.6 Å². The maximum Gasteiger partial charge on any atom is 0.218 e. The maximum atomic E-state index is 14.3. The van der Waals surface area contributed by atoms with Gasteiger partial charge in [0.1, 0.15) is 17.5 Å². The average molecular weight is 387 g/mol. The summed E-state index contributed by atoms with van der Waals surface area (Å²) in [6, 6.07) is 8.34. The van der Waals surface area contributed by atoms with Crippen LogP contribution in [0.2, 0.25) is 0 Å². The van der Waals surface area contributed by atoms with Crippen LogP contribution in [-0.4, -0.2) is 23.5 Å². The number of aromatic amines is 1. The molecule has 0 bridgehead atoms. The van der Waals surface area contributed by atoms with Gasteiger partial charge in [-0.3, -0.25) is 4.79 Å². The molecule has 4 rings (SSSR count). The van der Waals surface area contributed by atoms with Crippen LogP contribution in [-0.2, 0) is 4.79 Å². The predicted molar refractivity (Wildman–Crippen MR) is 101 cm³/mol. The number of amides is 1. The molecule has 7 heteroatoms. The second-order valence-electron chi connectivity index (χ2n) is 7.27. The van der Waals surface area contributed by atoms with E-state index in [0.717, 1.165) is 30.0 Å². The van der Waals surface area contributed by atoms with Gasteiger partial charge in [-0.2, -0.15) is 0 Å². The highest BCUT2D eigenvalue weighted by Gasteiger charge is 2.34. The monoisotopic (exact) mass is 387 g/mol. The van der Waals surface area contributed by atoms with Gasteiger partial charge in [0.05, 0.1) is 11.2 Å². The lowest BCUT2D eigenvalue weighted by molar-refractivity contribution is -0.117. The Hall–Kier alpha value is -2.80. The Morgan fingerprint density at radius 3 is 2.50 bits per heavy atom. The van der Waals surface area contributed by atoms with Crippen LogP contribution < -0.4 is 11.1 Å². The van der Waals surface area contributed by atoms with Gasteiger partial charge < -0.3 is 16.0 Å². The molecule has 0 atom stereocenters. The highest BCUT2D eigenvalue weighted by Crippen LogP contribution is 2.45. The zero-order chi connectivity index (χ0) is 19.8. The molecule has 1 aliphatic rings. The summed E-state index contributed by atoms with van der Waals surface area (Å²) in [6.45, 7) is 0.509. The van der Waals surface area contributed by atoms with E-state index in [1.165, 1.54) is 18.2 Å². The molecular formula is C21H20F3N3O. The average Bonchev–Trinajstić information content (AvgIpc) is 2.96. The normalized spacial score (nSPS) is 19.0. The molecule has 1 amide bonds. The summed E-state index contributed by atoms with van der Waals surface area (Å²) >= 11 is 0. The van der Waals surface area contributed by atoms with Crippen LogP contribution in [0, 0.1) is 17.5 Å². The van der Waals surface area contributed by atoms with Gasteiger partial charge in [-0.05, 0) is 60.2 Å². The number of halogens is 3. The van der Waals surface area contributed by atoms with E-state index in [9.17, 15) is 18.0 Å². The Labute approximate surface area is 159 Å². The number of nitrogens with two attached hydrogens (primary N) is 1. The molecule has 2 aromatic carbocycles. The van der Waals surface area contributed by atoms with Gasteiger partial charge in [0.15, 0.2) is 0 Å². The van der Waals surface area contributed by atoms with Gasteiger partial charge in [-0.15, -0.1) is 0 Å². The Balaban J connectivity index is 1.67. The summed E-state index contributed by atoms with van der Waals surface area (Å²) in [6.07, 6.45) is 1.82. The molecule has 0 saturated heterocycles. The van der Waals surface area contributed by atoms with Gasteiger partial charge in [0, 0.05) is 30.5 Å². The molecule has 0 radical (unpaired) electrons. The van der Waals surface area contributed by atoms with Crippen LogP contribution in [0.15, 0.2) is 36.4 Å². The second kappa shape index (κ2) is 7.31. The third kappa shape index (κ3) is 3.49. The lowest BCUT2D eigenvalue weighted by atomic mass is 9.74. The number of H-pyrrole nitrogens is 1. The van der Waals surface area contributed by atoms with E-state index in [0.29, 0.717) is 17.6 Å². The Bertz CT molecular complexity index is 1020. The SMILES string of the molecule is NC(=O)CCNC1CC(c2c(-c3ccc(F)cc3)[nH]c3c(F)cc(F)cc23)C1. The van der Waals surface area contributed by atoms with E-state index in [2.05, 4.69) is 10.3 Å². The van der Waals surface area contributed by atoms with Crippen molar-refractivity contribution >= 4 is 16.8 Å². The van der Waals surface area contributed by atoms with Gasteiger partial charge in [-0.25, -0.2) is 13.2 Å². The zero-order valence-electron chi connectivity index (χ0n) is 15.1. The van der Waals surface area contributed by atoms with E-state index in [1.54, 1.807) is 12.1 Å². The number of carbonyl (C=O) groups excluding carboxylic acids is 1. The molecule has 1 aliphatic carbocycles. The van der Waals surface area contributed by atoms with Gasteiger partial charge in [-0.1, -0.05) is 0 Å². The van der Waals surface area contributed by atoms with Crippen LogP contribution >= 0.6 is 0 Å². The molecule has 3 aromatic rings. The van der Waals surface area contributed by atoms with Crippen molar-refractivity contribution in [3.8, 4) is 11.3 Å². The quantitative estimate of drug-likeness (QED) is 0.599. The molecule has 1 aromatic heterocycles. The molecule has 1 heterocycles. The third-order valence-corrected chi connectivity index (χ3v) is 5.35. The molecule has 0 unspecified atom stereocenters. The Morgan fingerprint density at radius 2 is 1.82 bits per heavy atom. The number of benzene rings is 2. The van der Waals surface area contributed by atoms with E-state index in [4.69, 9.17) is 5.73 Å². The molecule has 1 saturated carbocycles. The summed E-state index contributed by atoms with van der Waals surface area (Å²) in [5.74, 6) is -1.90. The number of carbonyl (C=O) groups is 1. The fraction of sp³-hybridized carbons (Fsp3) is 0.286. The molecule has 1 fully saturated rings. The summed E-state index contributed by atoms with van der Waals surface area (Å²) in [5, 5.41) is 3.78. The molecule has 146 valence electrons. The number of fused-ring (bicyclic) bond motifs is 1. The first-order valence-electron chi connectivity index (χ1n) is 9.20. The maximum absolute atomic E-state index is 14.3. The lowest BCUT2D eigenvalue weighted by Gasteiger charge is -2.36. The number of hydrogen-bond acceptors (Lipinski definition) is 2. The third-order valence-electron chi connectivity index (χ3n) is 5.35. The highest BCUT2D eigenvalue weighted by atomic mass is 19.1. The van der Waals surface area contributed by atoms with E-state index in [1.807, 2.05) is 0 Å². The van der Waals surface area contributed by atoms with Crippen molar-refractivity contribution in [2.24, 2.45) is 5.73 Å². The second-order valence-corrected chi connectivity index (χ2v) is 7.27. The van der Waals surface area contributed by atoms with Crippen molar-refractivity contribution in [2.75, 3.05) is 6.54 Å². The minimum absolute atomic E-state index is 0.0982. The van der Waals surface area contributed by atoms with Crippen molar-refractivity contribution in [2.45, 2.75) is 31.2 Å². The number of hydrogen-bond donors (Lipinski definition) is 3. The van der Waals surface area contributed by atoms with Crippen LogP contribution in [0.4, 0.5) is 13.2 Å². The van der Waals surface area contributed by atoms with E-state index >= 15 is 0 Å². The van der Waals surface area contributed by atoms with Gasteiger partial charge in [0.2, 0.25) is 5.91 Å². The molecule has 4 nitrogen and oxygen atoms in total. The van der Waals surface area contributed by atoms with E-state index in [-0.39, 0.29) is 35.6 Å². The topological polar surface area (TPSA) is 70.9 Å². The van der Waals surface area contributed by atoms with Crippen LogP contribution in [0.25, 0.3) is 22.2 Å². The molecular weight excluding hydrogens is 367 g/mol. The molecule has 4 N–H and O–H groups in total. The lowest BCUT2D eigenvalue weighted by Crippen LogP contribution is -2.41. The summed E-state index contributed by atoms with van der Waals surface area (Å²) in [7, 11) is 0. The van der Waals surface area contributed by atoms with Crippen molar-refractivity contribution in [3.05, 3.63) is 59.4 Å². The van der Waals surface area contributed by atoms with Crippen LogP contribution in [0.3, 0.4) is 0 Å². The first-order chi connectivity index (χ1) is 13.4. The summed E-state index contributed by atoms with van der Waals surface area (Å²) < 4.78 is 41.5. The van der Waals surface area contributed by atoms with Crippen molar-refractivity contribution < 1.29 is 18.0 Å². The first kappa shape index (κ1) is 18.6. The zero-order valence-corrected chi connectivity index (χ0v) is 15.1. The minimum atomic E-state index is -0.653. The number of rotatable bonds is 6. The van der Waals surface area contributed by atoms with Crippen LogP contribution in [0.1, 0.15) is 30.7 Å². The Kier molecular flexibility index (Phi) is 4.85. The number of primary amides is 1. The van der Waals surface area contributed by atoms with Crippen molar-refractivity contribution in [1.82, 2.24) is 10.3 Å². The van der Waals surface area contributed by atoms with Crippen LogP contribution in [0.5, 0.6) is 0 Å². The van der Waals surface area contributed by atoms with Gasteiger partial charge >= 0.3 is 0 Å². The Morgan fingerprint density at radius 1 is 1.11 bits per heavy atom. The number of aromatic nitrogens is 1. The summed E-state index contributed by atoms with van der Waals surface area (Å²) in [5.41, 5.74) is 7.64.